The third-order valence-electron chi connectivity index (χ3n) is 3.60. The Labute approximate surface area is 121 Å². The van der Waals surface area contributed by atoms with E-state index >= 15 is 0 Å². The molecule has 4 amide bonds. The van der Waals surface area contributed by atoms with Gasteiger partial charge >= 0.3 is 12.0 Å². The molecule has 0 spiro atoms. The van der Waals surface area contributed by atoms with Gasteiger partial charge in [-0.3, -0.25) is 24.2 Å². The number of carboxylic acids is 1. The summed E-state index contributed by atoms with van der Waals surface area (Å²) in [5.74, 6) is -1.50. The molecule has 21 heavy (non-hydrogen) atoms. The van der Waals surface area contributed by atoms with Crippen LogP contribution in [0.3, 0.4) is 0 Å². The minimum atomic E-state index is -0.841. The van der Waals surface area contributed by atoms with Gasteiger partial charge in [-0.25, -0.2) is 4.79 Å². The summed E-state index contributed by atoms with van der Waals surface area (Å²) in [7, 11) is 0. The highest BCUT2D eigenvalue weighted by Crippen LogP contribution is 2.06. The van der Waals surface area contributed by atoms with Crippen LogP contribution in [0.1, 0.15) is 6.42 Å². The molecule has 116 valence electrons. The highest BCUT2D eigenvalue weighted by Gasteiger charge is 2.32. The van der Waals surface area contributed by atoms with Crippen LogP contribution in [-0.2, 0) is 14.4 Å². The fraction of sp³-hybridized carbons (Fsp3) is 0.667. The Balaban J connectivity index is 1.76. The number of imide groups is 1. The molecule has 0 radical (unpaired) electrons. The normalized spacial score (nSPS) is 19.8. The molecule has 9 nitrogen and oxygen atoms in total. The number of carboxylic acid groups (broad SMARTS) is 1. The molecule has 0 aliphatic carbocycles. The van der Waals surface area contributed by atoms with Crippen LogP contribution in [-0.4, -0.2) is 89.4 Å². The van der Waals surface area contributed by atoms with Crippen LogP contribution in [0, 0.1) is 0 Å². The Bertz CT molecular complexity index is 443. The lowest BCUT2D eigenvalue weighted by Crippen LogP contribution is -2.52. The average molecular weight is 298 g/mol. The Morgan fingerprint density at radius 1 is 1.14 bits per heavy atom. The molecule has 0 aromatic heterocycles. The van der Waals surface area contributed by atoms with Gasteiger partial charge in [0, 0.05) is 32.7 Å². The first kappa shape index (κ1) is 15.2. The second kappa shape index (κ2) is 6.53. The maximum atomic E-state index is 12.1. The van der Waals surface area contributed by atoms with Crippen molar-refractivity contribution in [2.24, 2.45) is 0 Å². The Morgan fingerprint density at radius 2 is 1.81 bits per heavy atom. The van der Waals surface area contributed by atoms with E-state index in [0.717, 1.165) is 4.90 Å². The van der Waals surface area contributed by atoms with E-state index in [9.17, 15) is 19.2 Å². The summed E-state index contributed by atoms with van der Waals surface area (Å²) in [6.07, 6.45) is 0.0798. The van der Waals surface area contributed by atoms with E-state index in [2.05, 4.69) is 5.32 Å². The first-order chi connectivity index (χ1) is 9.97. The molecule has 2 aliphatic heterocycles. The van der Waals surface area contributed by atoms with E-state index < -0.39 is 17.9 Å². The van der Waals surface area contributed by atoms with Gasteiger partial charge in [0.2, 0.25) is 5.91 Å². The molecule has 2 aliphatic rings. The maximum absolute atomic E-state index is 12.1. The lowest BCUT2D eigenvalue weighted by molar-refractivity contribution is -0.139. The summed E-state index contributed by atoms with van der Waals surface area (Å²) in [5, 5.41) is 11.0. The van der Waals surface area contributed by atoms with Crippen molar-refractivity contribution >= 4 is 23.8 Å². The number of urea groups is 1. The number of nitrogens with one attached hydrogen (secondary N) is 1. The van der Waals surface area contributed by atoms with Crippen LogP contribution in [0.15, 0.2) is 0 Å². The van der Waals surface area contributed by atoms with Gasteiger partial charge in [-0.15, -0.1) is 0 Å². The summed E-state index contributed by atoms with van der Waals surface area (Å²) in [4.78, 5) is 49.8. The third kappa shape index (κ3) is 3.91. The molecule has 2 saturated heterocycles. The fourth-order valence-corrected chi connectivity index (χ4v) is 2.33. The van der Waals surface area contributed by atoms with E-state index in [1.54, 1.807) is 4.90 Å². The van der Waals surface area contributed by atoms with Crippen molar-refractivity contribution in [2.45, 2.75) is 6.42 Å². The van der Waals surface area contributed by atoms with Gasteiger partial charge in [0.1, 0.15) is 6.54 Å². The predicted octanol–water partition coefficient (Wildman–Crippen LogP) is -1.84. The summed E-state index contributed by atoms with van der Waals surface area (Å²) in [6.45, 7) is 2.31. The number of aliphatic carboxylic acids is 1. The van der Waals surface area contributed by atoms with Gasteiger partial charge in [0.05, 0.1) is 13.0 Å². The largest absolute Gasteiger partial charge is 0.481 e. The minimum Gasteiger partial charge on any atom is -0.481 e. The predicted molar refractivity (Wildman–Crippen MR) is 70.4 cm³/mol. The molecule has 2 heterocycles. The van der Waals surface area contributed by atoms with E-state index in [4.69, 9.17) is 5.11 Å². The zero-order valence-corrected chi connectivity index (χ0v) is 11.6. The van der Waals surface area contributed by atoms with Crippen molar-refractivity contribution in [2.75, 3.05) is 45.8 Å². The summed E-state index contributed by atoms with van der Waals surface area (Å²) >= 11 is 0. The fourth-order valence-electron chi connectivity index (χ4n) is 2.33. The zero-order chi connectivity index (χ0) is 15.4. The average Bonchev–Trinajstić information content (AvgIpc) is 2.77. The molecule has 9 heteroatoms. The van der Waals surface area contributed by atoms with Gasteiger partial charge in [0.25, 0.3) is 5.91 Å². The summed E-state index contributed by atoms with van der Waals surface area (Å²) in [5.41, 5.74) is 0. The lowest BCUT2D eigenvalue weighted by atomic mass is 10.2. The molecule has 0 aromatic rings. The monoisotopic (exact) mass is 298 g/mol. The number of piperazine rings is 1. The quantitative estimate of drug-likeness (QED) is 0.577. The topological polar surface area (TPSA) is 110 Å². The second-order valence-corrected chi connectivity index (χ2v) is 5.00. The first-order valence-corrected chi connectivity index (χ1v) is 6.77. The molecular weight excluding hydrogens is 280 g/mol. The molecule has 0 saturated carbocycles. The van der Waals surface area contributed by atoms with Crippen molar-refractivity contribution in [3.8, 4) is 0 Å². The van der Waals surface area contributed by atoms with E-state index in [1.807, 2.05) is 4.90 Å². The Hall–Kier alpha value is -2.16. The smallest absolute Gasteiger partial charge is 0.325 e. The number of carbonyl (C=O) groups is 4. The highest BCUT2D eigenvalue weighted by molar-refractivity contribution is 6.04. The van der Waals surface area contributed by atoms with Gasteiger partial charge in [0.15, 0.2) is 0 Å². The van der Waals surface area contributed by atoms with Crippen LogP contribution in [0.2, 0.25) is 0 Å². The molecule has 0 bridgehead atoms. The lowest BCUT2D eigenvalue weighted by Gasteiger charge is -2.34. The van der Waals surface area contributed by atoms with Crippen molar-refractivity contribution in [1.82, 2.24) is 20.0 Å². The van der Waals surface area contributed by atoms with Crippen molar-refractivity contribution in [1.29, 1.82) is 0 Å². The first-order valence-electron chi connectivity index (χ1n) is 6.77. The van der Waals surface area contributed by atoms with E-state index in [1.165, 1.54) is 0 Å². The maximum Gasteiger partial charge on any atom is 0.325 e. The van der Waals surface area contributed by atoms with Gasteiger partial charge < -0.3 is 15.3 Å². The summed E-state index contributed by atoms with van der Waals surface area (Å²) in [6, 6.07) is -0.534. The molecule has 2 N–H and O–H groups in total. The van der Waals surface area contributed by atoms with Crippen LogP contribution >= 0.6 is 0 Å². The van der Waals surface area contributed by atoms with E-state index in [-0.39, 0.29) is 25.4 Å². The molecule has 2 rings (SSSR count). The van der Waals surface area contributed by atoms with Gasteiger partial charge in [-0.2, -0.15) is 0 Å². The van der Waals surface area contributed by atoms with Gasteiger partial charge in [-0.1, -0.05) is 0 Å². The van der Waals surface area contributed by atoms with Gasteiger partial charge in [-0.05, 0) is 0 Å². The van der Waals surface area contributed by atoms with Crippen molar-refractivity contribution in [3.05, 3.63) is 0 Å². The van der Waals surface area contributed by atoms with Crippen molar-refractivity contribution in [3.63, 3.8) is 0 Å². The molecule has 2 fully saturated rings. The number of hydrogen-bond acceptors (Lipinski definition) is 5. The van der Waals surface area contributed by atoms with Crippen LogP contribution < -0.4 is 5.32 Å². The third-order valence-corrected chi connectivity index (χ3v) is 3.60. The zero-order valence-electron chi connectivity index (χ0n) is 11.6. The van der Waals surface area contributed by atoms with Crippen molar-refractivity contribution < 1.29 is 24.3 Å². The number of hydrogen-bond donors (Lipinski definition) is 2. The van der Waals surface area contributed by atoms with E-state index in [0.29, 0.717) is 32.7 Å². The standard InChI is InChI=1S/C12H18N4O5/c17-9-7-13-12(21)16(9)8-10(18)15-5-3-14(4-6-15)2-1-11(19)20/h1-8H2,(H,13,21)(H,19,20). The Morgan fingerprint density at radius 3 is 2.33 bits per heavy atom. The van der Waals surface area contributed by atoms with Crippen LogP contribution in [0.25, 0.3) is 0 Å². The molecule has 0 aromatic carbocycles. The van der Waals surface area contributed by atoms with Crippen LogP contribution in [0.4, 0.5) is 4.79 Å². The Kier molecular flexibility index (Phi) is 4.73. The SMILES string of the molecule is O=C(O)CCN1CCN(C(=O)CN2C(=O)CNC2=O)CC1. The molecule has 0 atom stereocenters. The molecule has 0 unspecified atom stereocenters. The minimum absolute atomic E-state index is 0.0604. The number of amides is 4. The number of nitrogens with zero attached hydrogens (tertiary/aromatic N) is 3. The molecular formula is C12H18N4O5. The second-order valence-electron chi connectivity index (χ2n) is 5.00. The number of carbonyl (C=O) groups excluding carboxylic acids is 3. The highest BCUT2D eigenvalue weighted by atomic mass is 16.4. The number of rotatable bonds is 5. The summed E-state index contributed by atoms with van der Waals surface area (Å²) < 4.78 is 0. The van der Waals surface area contributed by atoms with Crippen LogP contribution in [0.5, 0.6) is 0 Å².